The van der Waals surface area contributed by atoms with Gasteiger partial charge in [0.2, 0.25) is 0 Å². The molecule has 1 N–H and O–H groups in total. The van der Waals surface area contributed by atoms with Crippen LogP contribution in [0.15, 0.2) is 17.8 Å². The van der Waals surface area contributed by atoms with Gasteiger partial charge in [-0.15, -0.1) is 11.3 Å². The Hall–Kier alpha value is -1.20. The van der Waals surface area contributed by atoms with Crippen molar-refractivity contribution in [2.75, 3.05) is 24.5 Å². The first-order valence-corrected chi connectivity index (χ1v) is 8.79. The maximum Gasteiger partial charge on any atom is 0.150 e. The third kappa shape index (κ3) is 3.35. The van der Waals surface area contributed by atoms with E-state index in [2.05, 4.69) is 45.5 Å². The van der Waals surface area contributed by atoms with E-state index in [0.717, 1.165) is 31.0 Å². The lowest BCUT2D eigenvalue weighted by atomic mass is 10.0. The van der Waals surface area contributed by atoms with E-state index in [4.69, 9.17) is 0 Å². The van der Waals surface area contributed by atoms with Crippen molar-refractivity contribution < 1.29 is 0 Å². The van der Waals surface area contributed by atoms with Crippen LogP contribution in [-0.4, -0.2) is 35.6 Å². The number of fused-ring (bicyclic) bond motifs is 1. The van der Waals surface area contributed by atoms with Crippen LogP contribution in [0.5, 0.6) is 0 Å². The van der Waals surface area contributed by atoms with Crippen molar-refractivity contribution in [1.82, 2.24) is 15.3 Å². The molecule has 3 heterocycles. The molecule has 0 aliphatic carbocycles. The van der Waals surface area contributed by atoms with E-state index in [0.29, 0.717) is 12.0 Å². The van der Waals surface area contributed by atoms with Gasteiger partial charge in [-0.1, -0.05) is 13.8 Å². The average Bonchev–Trinajstić information content (AvgIpc) is 2.96. The van der Waals surface area contributed by atoms with Crippen LogP contribution < -0.4 is 10.2 Å². The SMILES string of the molecule is CC(C)CNCC1CCCCN1c1ncnc2ccsc12. The molecule has 2 aromatic rings. The minimum atomic E-state index is 0.553. The van der Waals surface area contributed by atoms with Crippen LogP contribution in [0.3, 0.4) is 0 Å². The Morgan fingerprint density at radius 1 is 1.38 bits per heavy atom. The molecule has 1 aliphatic heterocycles. The molecule has 3 rings (SSSR count). The van der Waals surface area contributed by atoms with Crippen LogP contribution in [0.4, 0.5) is 5.82 Å². The van der Waals surface area contributed by atoms with Crippen LogP contribution >= 0.6 is 11.3 Å². The molecular formula is C16H24N4S. The Morgan fingerprint density at radius 2 is 2.29 bits per heavy atom. The summed E-state index contributed by atoms with van der Waals surface area (Å²) in [7, 11) is 0. The van der Waals surface area contributed by atoms with Crippen LogP contribution in [0, 0.1) is 5.92 Å². The lowest BCUT2D eigenvalue weighted by Crippen LogP contribution is -2.46. The second-order valence-corrected chi connectivity index (χ2v) is 7.14. The van der Waals surface area contributed by atoms with Gasteiger partial charge in [0, 0.05) is 19.1 Å². The summed E-state index contributed by atoms with van der Waals surface area (Å²) in [4.78, 5) is 11.5. The Morgan fingerprint density at radius 3 is 3.14 bits per heavy atom. The number of hydrogen-bond donors (Lipinski definition) is 1. The second-order valence-electron chi connectivity index (χ2n) is 6.23. The van der Waals surface area contributed by atoms with Crippen molar-refractivity contribution in [3.8, 4) is 0 Å². The summed E-state index contributed by atoms with van der Waals surface area (Å²) >= 11 is 1.75. The molecule has 0 amide bonds. The number of piperidine rings is 1. The Balaban J connectivity index is 1.79. The van der Waals surface area contributed by atoms with Gasteiger partial charge in [0.15, 0.2) is 0 Å². The molecule has 4 nitrogen and oxygen atoms in total. The first kappa shape index (κ1) is 14.7. The molecule has 0 saturated carbocycles. The molecule has 21 heavy (non-hydrogen) atoms. The molecule has 0 aromatic carbocycles. The van der Waals surface area contributed by atoms with E-state index in [9.17, 15) is 0 Å². The van der Waals surface area contributed by atoms with Gasteiger partial charge in [-0.05, 0) is 43.2 Å². The monoisotopic (exact) mass is 304 g/mol. The van der Waals surface area contributed by atoms with E-state index >= 15 is 0 Å². The molecule has 1 fully saturated rings. The molecule has 2 aromatic heterocycles. The molecule has 0 spiro atoms. The zero-order chi connectivity index (χ0) is 14.7. The summed E-state index contributed by atoms with van der Waals surface area (Å²) in [5.74, 6) is 1.83. The van der Waals surface area contributed by atoms with Crippen molar-refractivity contribution in [3.63, 3.8) is 0 Å². The van der Waals surface area contributed by atoms with E-state index < -0.39 is 0 Å². The molecule has 1 atom stereocenters. The number of thiophene rings is 1. The van der Waals surface area contributed by atoms with E-state index in [-0.39, 0.29) is 0 Å². The number of anilines is 1. The van der Waals surface area contributed by atoms with Crippen molar-refractivity contribution in [3.05, 3.63) is 17.8 Å². The number of aromatic nitrogens is 2. The molecule has 0 bridgehead atoms. The minimum Gasteiger partial charge on any atom is -0.351 e. The Bertz CT molecular complexity index is 580. The number of hydrogen-bond acceptors (Lipinski definition) is 5. The molecule has 1 aliphatic rings. The van der Waals surface area contributed by atoms with Gasteiger partial charge in [-0.2, -0.15) is 0 Å². The standard InChI is InChI=1S/C16H24N4S/c1-12(2)9-17-10-13-5-3-4-7-20(13)16-15-14(6-8-21-15)18-11-19-16/h6,8,11-13,17H,3-5,7,9-10H2,1-2H3. The van der Waals surface area contributed by atoms with Gasteiger partial charge >= 0.3 is 0 Å². The first-order chi connectivity index (χ1) is 10.3. The first-order valence-electron chi connectivity index (χ1n) is 7.91. The van der Waals surface area contributed by atoms with Gasteiger partial charge < -0.3 is 10.2 Å². The highest BCUT2D eigenvalue weighted by molar-refractivity contribution is 7.17. The second kappa shape index (κ2) is 6.71. The Kier molecular flexibility index (Phi) is 4.70. The normalized spacial score (nSPS) is 19.6. The van der Waals surface area contributed by atoms with E-state index in [1.165, 1.54) is 24.0 Å². The van der Waals surface area contributed by atoms with E-state index in [1.54, 1.807) is 17.7 Å². The molecular weight excluding hydrogens is 280 g/mol. The van der Waals surface area contributed by atoms with Crippen molar-refractivity contribution in [1.29, 1.82) is 0 Å². The van der Waals surface area contributed by atoms with Gasteiger partial charge in [0.05, 0.1) is 10.2 Å². The predicted molar refractivity (Wildman–Crippen MR) is 90.1 cm³/mol. The number of nitrogens with one attached hydrogen (secondary N) is 1. The third-order valence-corrected chi connectivity index (χ3v) is 4.96. The van der Waals surface area contributed by atoms with Crippen molar-refractivity contribution >= 4 is 27.4 Å². The summed E-state index contributed by atoms with van der Waals surface area (Å²) in [6.45, 7) is 7.76. The quantitative estimate of drug-likeness (QED) is 0.920. The van der Waals surface area contributed by atoms with Gasteiger partial charge in [0.25, 0.3) is 0 Å². The average molecular weight is 304 g/mol. The number of rotatable bonds is 5. The molecule has 1 unspecified atom stereocenters. The Labute approximate surface area is 130 Å². The summed E-state index contributed by atoms with van der Waals surface area (Å²) in [5.41, 5.74) is 1.07. The predicted octanol–water partition coefficient (Wildman–Crippen LogP) is 3.30. The lowest BCUT2D eigenvalue weighted by Gasteiger charge is -2.37. The molecule has 1 saturated heterocycles. The minimum absolute atomic E-state index is 0.553. The summed E-state index contributed by atoms with van der Waals surface area (Å²) in [6.07, 6.45) is 5.54. The molecule has 114 valence electrons. The van der Waals surface area contributed by atoms with Gasteiger partial charge in [-0.25, -0.2) is 9.97 Å². The van der Waals surface area contributed by atoms with Crippen molar-refractivity contribution in [2.45, 2.75) is 39.2 Å². The fourth-order valence-corrected chi connectivity index (χ4v) is 3.86. The maximum atomic E-state index is 4.59. The van der Waals surface area contributed by atoms with Crippen LogP contribution in [0.25, 0.3) is 10.2 Å². The van der Waals surface area contributed by atoms with Crippen LogP contribution in [0.2, 0.25) is 0 Å². The maximum absolute atomic E-state index is 4.59. The van der Waals surface area contributed by atoms with Gasteiger partial charge in [0.1, 0.15) is 12.1 Å². The van der Waals surface area contributed by atoms with Gasteiger partial charge in [-0.3, -0.25) is 0 Å². The molecule has 5 heteroatoms. The highest BCUT2D eigenvalue weighted by atomic mass is 32.1. The smallest absolute Gasteiger partial charge is 0.150 e. The fraction of sp³-hybridized carbons (Fsp3) is 0.625. The highest BCUT2D eigenvalue weighted by Crippen LogP contribution is 2.31. The van der Waals surface area contributed by atoms with Crippen LogP contribution in [0.1, 0.15) is 33.1 Å². The van der Waals surface area contributed by atoms with Crippen LogP contribution in [-0.2, 0) is 0 Å². The number of nitrogens with zero attached hydrogens (tertiary/aromatic N) is 3. The molecule has 0 radical (unpaired) electrons. The fourth-order valence-electron chi connectivity index (χ4n) is 3.01. The zero-order valence-corrected chi connectivity index (χ0v) is 13.7. The summed E-state index contributed by atoms with van der Waals surface area (Å²) in [6, 6.07) is 2.64. The highest BCUT2D eigenvalue weighted by Gasteiger charge is 2.25. The summed E-state index contributed by atoms with van der Waals surface area (Å²) in [5, 5.41) is 5.72. The van der Waals surface area contributed by atoms with Crippen molar-refractivity contribution in [2.24, 2.45) is 5.92 Å². The van der Waals surface area contributed by atoms with E-state index in [1.807, 2.05) is 0 Å². The third-order valence-electron chi connectivity index (χ3n) is 4.06. The lowest BCUT2D eigenvalue weighted by molar-refractivity contribution is 0.421. The topological polar surface area (TPSA) is 41.0 Å². The largest absolute Gasteiger partial charge is 0.351 e. The summed E-state index contributed by atoms with van der Waals surface area (Å²) < 4.78 is 1.23. The zero-order valence-electron chi connectivity index (χ0n) is 12.9.